The van der Waals surface area contributed by atoms with Crippen molar-refractivity contribution in [3.05, 3.63) is 46.7 Å². The molecule has 0 radical (unpaired) electrons. The van der Waals surface area contributed by atoms with E-state index in [1.807, 2.05) is 0 Å². The van der Waals surface area contributed by atoms with Crippen molar-refractivity contribution in [2.75, 3.05) is 11.9 Å². The van der Waals surface area contributed by atoms with E-state index >= 15 is 0 Å². The van der Waals surface area contributed by atoms with Gasteiger partial charge in [-0.3, -0.25) is 14.5 Å². The van der Waals surface area contributed by atoms with Crippen molar-refractivity contribution in [1.29, 1.82) is 0 Å². The largest absolute Gasteiger partial charge is 0.302 e. The van der Waals surface area contributed by atoms with Gasteiger partial charge in [0.1, 0.15) is 10.1 Å². The van der Waals surface area contributed by atoms with Crippen molar-refractivity contribution in [2.24, 2.45) is 0 Å². The van der Waals surface area contributed by atoms with Gasteiger partial charge in [-0.15, -0.1) is 11.3 Å². The second kappa shape index (κ2) is 8.24. The first-order valence-corrected chi connectivity index (χ1v) is 10.0. The minimum absolute atomic E-state index is 0.0522. The smallest absolute Gasteiger partial charge is 0.241 e. The molecule has 2 aromatic rings. The number of nitrogens with one attached hydrogen (secondary N) is 1. The number of thiocarbonyl (C=S) groups is 1. The number of amides is 2. The van der Waals surface area contributed by atoms with E-state index in [4.69, 9.17) is 12.2 Å². The number of rotatable bonds is 6. The molecule has 1 aliphatic heterocycles. The normalized spacial score (nSPS) is 17.0. The summed E-state index contributed by atoms with van der Waals surface area (Å²) in [5.41, 5.74) is 0.973. The molecule has 1 aliphatic rings. The summed E-state index contributed by atoms with van der Waals surface area (Å²) in [6.45, 7) is 2.08. The molecule has 0 saturated carbocycles. The number of nitrogens with zero attached hydrogens (tertiary/aromatic N) is 2. The Morgan fingerprint density at radius 2 is 2.12 bits per heavy atom. The zero-order valence-electron chi connectivity index (χ0n) is 13.9. The van der Waals surface area contributed by atoms with Gasteiger partial charge < -0.3 is 5.32 Å². The van der Waals surface area contributed by atoms with Gasteiger partial charge in [0.2, 0.25) is 11.8 Å². The van der Waals surface area contributed by atoms with Gasteiger partial charge in [-0.1, -0.05) is 36.1 Å². The summed E-state index contributed by atoms with van der Waals surface area (Å²) in [4.78, 5) is 30.7. The van der Waals surface area contributed by atoms with Crippen molar-refractivity contribution in [3.63, 3.8) is 0 Å². The van der Waals surface area contributed by atoms with Crippen LogP contribution in [0.1, 0.15) is 23.8 Å². The highest BCUT2D eigenvalue weighted by Crippen LogP contribution is 2.27. The number of aromatic nitrogens is 1. The van der Waals surface area contributed by atoms with Crippen molar-refractivity contribution < 1.29 is 14.0 Å². The number of benzene rings is 1. The number of thiazole rings is 1. The van der Waals surface area contributed by atoms with E-state index < -0.39 is 0 Å². The lowest BCUT2D eigenvalue weighted by atomic mass is 10.1. The van der Waals surface area contributed by atoms with Crippen molar-refractivity contribution in [3.8, 4) is 0 Å². The predicted octanol–water partition coefficient (Wildman–Crippen LogP) is 3.45. The molecule has 1 saturated heterocycles. The molecule has 9 heteroatoms. The summed E-state index contributed by atoms with van der Waals surface area (Å²) in [7, 11) is 0. The molecule has 136 valence electrons. The van der Waals surface area contributed by atoms with Crippen LogP contribution in [0.3, 0.4) is 0 Å². The molecule has 0 spiro atoms. The number of hydrogen-bond donors (Lipinski definition) is 1. The third kappa shape index (κ3) is 4.66. The number of carbonyl (C=O) groups is 2. The van der Waals surface area contributed by atoms with Crippen LogP contribution in [0.5, 0.6) is 0 Å². The summed E-state index contributed by atoms with van der Waals surface area (Å²) in [6, 6.07) is 6.29. The molecule has 1 unspecified atom stereocenters. The van der Waals surface area contributed by atoms with E-state index in [9.17, 15) is 14.0 Å². The average molecular weight is 410 g/mol. The van der Waals surface area contributed by atoms with Gasteiger partial charge in [-0.05, 0) is 24.6 Å². The molecule has 2 heterocycles. The van der Waals surface area contributed by atoms with Crippen molar-refractivity contribution in [2.45, 2.75) is 25.0 Å². The molecule has 1 aromatic carbocycles. The maximum Gasteiger partial charge on any atom is 0.241 e. The molecule has 2 amide bonds. The third-order valence-electron chi connectivity index (χ3n) is 3.77. The highest BCUT2D eigenvalue weighted by Gasteiger charge is 2.33. The summed E-state index contributed by atoms with van der Waals surface area (Å²) in [5.74, 6) is -0.536. The summed E-state index contributed by atoms with van der Waals surface area (Å²) in [6.07, 6.45) is 2.48. The second-order valence-corrected chi connectivity index (χ2v) is 8.84. The maximum absolute atomic E-state index is 12.9. The fourth-order valence-corrected chi connectivity index (χ4v) is 4.74. The number of halogens is 1. The molecule has 0 bridgehead atoms. The van der Waals surface area contributed by atoms with E-state index in [1.54, 1.807) is 25.3 Å². The molecule has 1 atom stereocenters. The topological polar surface area (TPSA) is 62.3 Å². The van der Waals surface area contributed by atoms with Crippen LogP contribution in [0.4, 0.5) is 9.52 Å². The zero-order valence-corrected chi connectivity index (χ0v) is 16.3. The highest BCUT2D eigenvalue weighted by atomic mass is 32.2. The number of hydrogen-bond acceptors (Lipinski definition) is 6. The quantitative estimate of drug-likeness (QED) is 0.741. The van der Waals surface area contributed by atoms with Crippen molar-refractivity contribution >= 4 is 56.6 Å². The lowest BCUT2D eigenvalue weighted by molar-refractivity contribution is -0.126. The molecular formula is C17H16FN3O2S3. The van der Waals surface area contributed by atoms with Gasteiger partial charge in [0.15, 0.2) is 5.13 Å². The van der Waals surface area contributed by atoms with Gasteiger partial charge in [-0.25, -0.2) is 9.37 Å². The van der Waals surface area contributed by atoms with Gasteiger partial charge in [0.25, 0.3) is 0 Å². The van der Waals surface area contributed by atoms with E-state index in [0.717, 1.165) is 10.4 Å². The minimum Gasteiger partial charge on any atom is -0.302 e. The summed E-state index contributed by atoms with van der Waals surface area (Å²) < 4.78 is 13.5. The maximum atomic E-state index is 12.9. The average Bonchev–Trinajstić information content (AvgIpc) is 3.12. The Kier molecular flexibility index (Phi) is 6.00. The molecular weight excluding hydrogens is 393 g/mol. The Hall–Kier alpha value is -1.84. The number of thioether (sulfide) groups is 1. The van der Waals surface area contributed by atoms with Crippen molar-refractivity contribution in [1.82, 2.24) is 9.88 Å². The van der Waals surface area contributed by atoms with Crippen LogP contribution < -0.4 is 5.32 Å². The van der Waals surface area contributed by atoms with Crippen LogP contribution in [-0.2, 0) is 16.0 Å². The van der Waals surface area contributed by atoms with Crippen LogP contribution in [0.25, 0.3) is 0 Å². The Balaban J connectivity index is 1.50. The first-order chi connectivity index (χ1) is 12.4. The fraction of sp³-hybridized carbons (Fsp3) is 0.294. The van der Waals surface area contributed by atoms with Crippen LogP contribution >= 0.6 is 35.3 Å². The third-order valence-corrected chi connectivity index (χ3v) is 6.16. The molecule has 3 rings (SSSR count). The van der Waals surface area contributed by atoms with Crippen LogP contribution in [0.2, 0.25) is 0 Å². The van der Waals surface area contributed by atoms with Crippen LogP contribution in [-0.4, -0.2) is 37.8 Å². The van der Waals surface area contributed by atoms with E-state index in [-0.39, 0.29) is 35.8 Å². The number of anilines is 1. The van der Waals surface area contributed by atoms with Gasteiger partial charge in [0.05, 0.1) is 5.25 Å². The van der Waals surface area contributed by atoms with Gasteiger partial charge in [-0.2, -0.15) is 0 Å². The first kappa shape index (κ1) is 18.9. The highest BCUT2D eigenvalue weighted by molar-refractivity contribution is 8.24. The zero-order chi connectivity index (χ0) is 18.7. The van der Waals surface area contributed by atoms with E-state index in [2.05, 4.69) is 10.3 Å². The lowest BCUT2D eigenvalue weighted by Gasteiger charge is -2.14. The molecule has 1 fully saturated rings. The lowest BCUT2D eigenvalue weighted by Crippen LogP contribution is -2.33. The minimum atomic E-state index is -0.269. The number of carbonyl (C=O) groups excluding carboxylic acids is 2. The Labute approximate surface area is 164 Å². The predicted molar refractivity (Wildman–Crippen MR) is 106 cm³/mol. The standard InChI is InChI=1S/C17H16FN3O2S3/c1-10-15(23)21(17(24)25-10)7-6-14(22)20-16-19-9-13(26-16)8-11-2-4-12(18)5-3-11/h2-5,9-10H,6-8H2,1H3,(H,19,20,22). The Bertz CT molecular complexity index is 838. The van der Waals surface area contributed by atoms with Gasteiger partial charge in [0, 0.05) is 30.5 Å². The van der Waals surface area contributed by atoms with Gasteiger partial charge >= 0.3 is 0 Å². The molecule has 1 N–H and O–H groups in total. The molecule has 0 aliphatic carbocycles. The summed E-state index contributed by atoms with van der Waals surface area (Å²) in [5, 5.41) is 3.07. The van der Waals surface area contributed by atoms with Crippen LogP contribution in [0.15, 0.2) is 30.5 Å². The Morgan fingerprint density at radius 3 is 2.77 bits per heavy atom. The van der Waals surface area contributed by atoms with E-state index in [1.165, 1.54) is 40.1 Å². The fourth-order valence-electron chi connectivity index (χ4n) is 2.42. The van der Waals surface area contributed by atoms with E-state index in [0.29, 0.717) is 15.9 Å². The molecule has 5 nitrogen and oxygen atoms in total. The SMILES string of the molecule is CC1SC(=S)N(CCC(=O)Nc2ncc(Cc3ccc(F)cc3)s2)C1=O. The monoisotopic (exact) mass is 409 g/mol. The Morgan fingerprint density at radius 1 is 1.38 bits per heavy atom. The molecule has 26 heavy (non-hydrogen) atoms. The first-order valence-electron chi connectivity index (χ1n) is 7.93. The molecule has 1 aromatic heterocycles. The van der Waals surface area contributed by atoms with Crippen LogP contribution in [0, 0.1) is 5.82 Å². The second-order valence-electron chi connectivity index (χ2n) is 5.75. The summed E-state index contributed by atoms with van der Waals surface area (Å²) >= 11 is 7.86.